The summed E-state index contributed by atoms with van der Waals surface area (Å²) in [6.07, 6.45) is 2.09. The predicted molar refractivity (Wildman–Crippen MR) is 73.2 cm³/mol. The fraction of sp³-hybridized carbons (Fsp3) is 0.250. The fourth-order valence-electron chi connectivity index (χ4n) is 2.58. The Morgan fingerprint density at radius 1 is 0.789 bits per heavy atom. The molecule has 2 aromatic carbocycles. The summed E-state index contributed by atoms with van der Waals surface area (Å²) in [7, 11) is 0. The molecule has 19 heavy (non-hydrogen) atoms. The summed E-state index contributed by atoms with van der Waals surface area (Å²) in [6, 6.07) is 12.4. The first kappa shape index (κ1) is 12.2. The molecule has 0 amide bonds. The van der Waals surface area contributed by atoms with Crippen molar-refractivity contribution < 1.29 is 8.78 Å². The van der Waals surface area contributed by atoms with E-state index >= 15 is 0 Å². The average molecular weight is 259 g/mol. The topological polar surface area (TPSA) is 3.24 Å². The van der Waals surface area contributed by atoms with E-state index in [-0.39, 0.29) is 0 Å². The van der Waals surface area contributed by atoms with Crippen molar-refractivity contribution in [1.82, 2.24) is 0 Å². The molecular weight excluding hydrogens is 244 g/mol. The highest BCUT2D eigenvalue weighted by Gasteiger charge is 2.20. The summed E-state index contributed by atoms with van der Waals surface area (Å²) in [5, 5.41) is 0. The Labute approximate surface area is 111 Å². The molecule has 0 saturated carbocycles. The molecule has 0 spiro atoms. The molecule has 3 rings (SSSR count). The van der Waals surface area contributed by atoms with Gasteiger partial charge < -0.3 is 4.90 Å². The highest BCUT2D eigenvalue weighted by molar-refractivity contribution is 5.67. The van der Waals surface area contributed by atoms with Gasteiger partial charge in [0.1, 0.15) is 0 Å². The summed E-state index contributed by atoms with van der Waals surface area (Å²) in [6.45, 7) is 1.61. The van der Waals surface area contributed by atoms with Gasteiger partial charge in [0.25, 0.3) is 0 Å². The number of nitrogens with zero attached hydrogens (tertiary/aromatic N) is 1. The SMILES string of the molecule is Fc1c(-c2ccccc2)ccc(N2CCCC2)c1F. The van der Waals surface area contributed by atoms with E-state index in [9.17, 15) is 8.78 Å². The van der Waals surface area contributed by atoms with E-state index in [0.717, 1.165) is 25.9 Å². The highest BCUT2D eigenvalue weighted by Crippen LogP contribution is 2.31. The number of anilines is 1. The van der Waals surface area contributed by atoms with Crippen LogP contribution in [0.1, 0.15) is 12.8 Å². The Balaban J connectivity index is 2.03. The standard InChI is InChI=1S/C16H15F2N/c17-15-13(12-6-2-1-3-7-12)8-9-14(16(15)18)19-10-4-5-11-19/h1-3,6-9H,4-5,10-11H2. The van der Waals surface area contributed by atoms with Crippen LogP contribution in [0.4, 0.5) is 14.5 Å². The van der Waals surface area contributed by atoms with E-state index < -0.39 is 11.6 Å². The zero-order chi connectivity index (χ0) is 13.2. The molecule has 0 radical (unpaired) electrons. The van der Waals surface area contributed by atoms with Gasteiger partial charge in [-0.1, -0.05) is 30.3 Å². The van der Waals surface area contributed by atoms with Gasteiger partial charge in [0.2, 0.25) is 0 Å². The van der Waals surface area contributed by atoms with Crippen molar-refractivity contribution in [2.45, 2.75) is 12.8 Å². The third kappa shape index (κ3) is 2.21. The molecule has 0 aromatic heterocycles. The van der Waals surface area contributed by atoms with Crippen LogP contribution in [-0.2, 0) is 0 Å². The van der Waals surface area contributed by atoms with Crippen molar-refractivity contribution >= 4 is 5.69 Å². The third-order valence-corrected chi connectivity index (χ3v) is 3.59. The molecule has 1 heterocycles. The van der Waals surface area contributed by atoms with Gasteiger partial charge in [-0.25, -0.2) is 8.78 Å². The monoisotopic (exact) mass is 259 g/mol. The van der Waals surface area contributed by atoms with Crippen LogP contribution >= 0.6 is 0 Å². The molecule has 1 saturated heterocycles. The Hall–Kier alpha value is -1.90. The number of halogens is 2. The number of hydrogen-bond donors (Lipinski definition) is 0. The van der Waals surface area contributed by atoms with Crippen molar-refractivity contribution in [3.05, 3.63) is 54.1 Å². The average Bonchev–Trinajstić information content (AvgIpc) is 2.97. The van der Waals surface area contributed by atoms with Crippen LogP contribution in [0.2, 0.25) is 0 Å². The fourth-order valence-corrected chi connectivity index (χ4v) is 2.58. The molecule has 0 aliphatic carbocycles. The maximum absolute atomic E-state index is 14.2. The summed E-state index contributed by atoms with van der Waals surface area (Å²) in [5.74, 6) is -1.49. The second-order valence-electron chi connectivity index (χ2n) is 4.82. The number of hydrogen-bond acceptors (Lipinski definition) is 1. The molecule has 1 aliphatic rings. The van der Waals surface area contributed by atoms with Crippen LogP contribution in [0.15, 0.2) is 42.5 Å². The molecule has 1 nitrogen and oxygen atoms in total. The summed E-state index contributed by atoms with van der Waals surface area (Å²) in [5.41, 5.74) is 1.41. The largest absolute Gasteiger partial charge is 0.369 e. The summed E-state index contributed by atoms with van der Waals surface area (Å²) < 4.78 is 28.4. The normalized spacial score (nSPS) is 14.9. The van der Waals surface area contributed by atoms with Crippen LogP contribution in [0.5, 0.6) is 0 Å². The molecule has 3 heteroatoms. The van der Waals surface area contributed by atoms with Crippen LogP contribution in [-0.4, -0.2) is 13.1 Å². The molecule has 1 aliphatic heterocycles. The molecule has 98 valence electrons. The maximum atomic E-state index is 14.2. The van der Waals surface area contributed by atoms with Gasteiger partial charge in [-0.3, -0.25) is 0 Å². The van der Waals surface area contributed by atoms with E-state index in [2.05, 4.69) is 0 Å². The molecule has 0 bridgehead atoms. The second kappa shape index (κ2) is 5.00. The van der Waals surface area contributed by atoms with Crippen molar-refractivity contribution in [3.8, 4) is 11.1 Å². The molecule has 0 unspecified atom stereocenters. The molecule has 0 atom stereocenters. The lowest BCUT2D eigenvalue weighted by atomic mass is 10.0. The van der Waals surface area contributed by atoms with Gasteiger partial charge in [-0.15, -0.1) is 0 Å². The van der Waals surface area contributed by atoms with Gasteiger partial charge in [0.05, 0.1) is 5.69 Å². The zero-order valence-corrected chi connectivity index (χ0v) is 10.6. The predicted octanol–water partition coefficient (Wildman–Crippen LogP) is 4.23. The molecule has 2 aromatic rings. The summed E-state index contributed by atoms with van der Waals surface area (Å²) >= 11 is 0. The van der Waals surface area contributed by atoms with Crippen molar-refractivity contribution in [2.24, 2.45) is 0 Å². The lowest BCUT2D eigenvalue weighted by molar-refractivity contribution is 0.510. The van der Waals surface area contributed by atoms with E-state index in [1.54, 1.807) is 24.3 Å². The van der Waals surface area contributed by atoms with Gasteiger partial charge >= 0.3 is 0 Å². The maximum Gasteiger partial charge on any atom is 0.182 e. The molecule has 0 N–H and O–H groups in total. The quantitative estimate of drug-likeness (QED) is 0.780. The van der Waals surface area contributed by atoms with Crippen molar-refractivity contribution in [1.29, 1.82) is 0 Å². The minimum atomic E-state index is -0.754. The van der Waals surface area contributed by atoms with E-state index in [4.69, 9.17) is 0 Å². The Morgan fingerprint density at radius 3 is 2.16 bits per heavy atom. The zero-order valence-electron chi connectivity index (χ0n) is 10.6. The van der Waals surface area contributed by atoms with Crippen LogP contribution < -0.4 is 4.90 Å². The van der Waals surface area contributed by atoms with Crippen LogP contribution in [0.3, 0.4) is 0 Å². The van der Waals surface area contributed by atoms with Crippen LogP contribution in [0.25, 0.3) is 11.1 Å². The minimum absolute atomic E-state index is 0.320. The smallest absolute Gasteiger partial charge is 0.182 e. The Kier molecular flexibility index (Phi) is 3.20. The van der Waals surface area contributed by atoms with Gasteiger partial charge in [-0.05, 0) is 30.5 Å². The minimum Gasteiger partial charge on any atom is -0.369 e. The Bertz CT molecular complexity index is 575. The highest BCUT2D eigenvalue weighted by atomic mass is 19.2. The lowest BCUT2D eigenvalue weighted by Crippen LogP contribution is -2.19. The van der Waals surface area contributed by atoms with Gasteiger partial charge in [-0.2, -0.15) is 0 Å². The first-order valence-electron chi connectivity index (χ1n) is 6.56. The third-order valence-electron chi connectivity index (χ3n) is 3.59. The van der Waals surface area contributed by atoms with Gasteiger partial charge in [0.15, 0.2) is 11.6 Å². The summed E-state index contributed by atoms with van der Waals surface area (Å²) in [4.78, 5) is 1.91. The van der Waals surface area contributed by atoms with E-state index in [1.165, 1.54) is 0 Å². The lowest BCUT2D eigenvalue weighted by Gasteiger charge is -2.19. The van der Waals surface area contributed by atoms with Crippen molar-refractivity contribution in [3.63, 3.8) is 0 Å². The first-order chi connectivity index (χ1) is 9.27. The Morgan fingerprint density at radius 2 is 1.47 bits per heavy atom. The number of benzene rings is 2. The van der Waals surface area contributed by atoms with E-state index in [1.807, 2.05) is 23.1 Å². The van der Waals surface area contributed by atoms with Gasteiger partial charge in [0, 0.05) is 18.7 Å². The van der Waals surface area contributed by atoms with Crippen molar-refractivity contribution in [2.75, 3.05) is 18.0 Å². The number of rotatable bonds is 2. The van der Waals surface area contributed by atoms with E-state index in [0.29, 0.717) is 16.8 Å². The molecule has 1 fully saturated rings. The van der Waals surface area contributed by atoms with Crippen LogP contribution in [0, 0.1) is 11.6 Å². The first-order valence-corrected chi connectivity index (χ1v) is 6.56. The second-order valence-corrected chi connectivity index (χ2v) is 4.82. The molecular formula is C16H15F2N.